The van der Waals surface area contributed by atoms with E-state index in [-0.39, 0.29) is 11.5 Å². The molecule has 0 saturated heterocycles. The van der Waals surface area contributed by atoms with Gasteiger partial charge in [-0.25, -0.2) is 0 Å². The van der Waals surface area contributed by atoms with Gasteiger partial charge in [0, 0.05) is 26.7 Å². The molecule has 0 aliphatic carbocycles. The van der Waals surface area contributed by atoms with Gasteiger partial charge in [-0.15, -0.1) is 11.3 Å². The summed E-state index contributed by atoms with van der Waals surface area (Å²) in [5.41, 5.74) is 0.478. The van der Waals surface area contributed by atoms with Gasteiger partial charge < -0.3 is 4.74 Å². The maximum absolute atomic E-state index is 12.0. The number of hydrogen-bond acceptors (Lipinski definition) is 3. The standard InChI is InChI=1S/C13H9BrF2O2S/c14-9-5-11(19-7-9)6-12(17)8-1-3-10(4-2-8)18-13(15)16/h1-5,7,13H,6H2. The van der Waals surface area contributed by atoms with Crippen molar-refractivity contribution >= 4 is 33.0 Å². The molecule has 0 atom stereocenters. The highest BCUT2D eigenvalue weighted by atomic mass is 79.9. The van der Waals surface area contributed by atoms with Gasteiger partial charge in [-0.1, -0.05) is 0 Å². The summed E-state index contributed by atoms with van der Waals surface area (Å²) in [6.45, 7) is -2.86. The lowest BCUT2D eigenvalue weighted by molar-refractivity contribution is -0.0498. The number of hydrogen-bond donors (Lipinski definition) is 0. The molecule has 0 radical (unpaired) electrons. The van der Waals surface area contributed by atoms with Crippen molar-refractivity contribution in [3.05, 3.63) is 50.6 Å². The Kier molecular flexibility index (Phi) is 4.66. The maximum atomic E-state index is 12.0. The smallest absolute Gasteiger partial charge is 0.387 e. The molecular formula is C13H9BrF2O2S. The second kappa shape index (κ2) is 6.25. The van der Waals surface area contributed by atoms with Gasteiger partial charge in [-0.05, 0) is 46.3 Å². The van der Waals surface area contributed by atoms with Crippen LogP contribution in [-0.4, -0.2) is 12.4 Å². The summed E-state index contributed by atoms with van der Waals surface area (Å²) in [5, 5.41) is 1.90. The van der Waals surface area contributed by atoms with Crippen LogP contribution >= 0.6 is 27.3 Å². The molecule has 0 N–H and O–H groups in total. The lowest BCUT2D eigenvalue weighted by atomic mass is 10.1. The molecule has 2 rings (SSSR count). The first-order chi connectivity index (χ1) is 9.04. The summed E-state index contributed by atoms with van der Waals surface area (Å²) in [6, 6.07) is 7.59. The van der Waals surface area contributed by atoms with Crippen LogP contribution in [0.15, 0.2) is 40.2 Å². The highest BCUT2D eigenvalue weighted by Gasteiger charge is 2.10. The molecule has 0 unspecified atom stereocenters. The minimum Gasteiger partial charge on any atom is -0.435 e. The Balaban J connectivity index is 2.03. The van der Waals surface area contributed by atoms with Gasteiger partial charge in [0.15, 0.2) is 5.78 Å². The number of thiophene rings is 1. The zero-order chi connectivity index (χ0) is 13.8. The van der Waals surface area contributed by atoms with E-state index in [2.05, 4.69) is 20.7 Å². The molecule has 1 heterocycles. The summed E-state index contributed by atoms with van der Waals surface area (Å²) >= 11 is 4.81. The normalized spacial score (nSPS) is 10.7. The van der Waals surface area contributed by atoms with Gasteiger partial charge in [0.1, 0.15) is 5.75 Å². The van der Waals surface area contributed by atoms with Crippen molar-refractivity contribution < 1.29 is 18.3 Å². The van der Waals surface area contributed by atoms with Crippen LogP contribution in [0.25, 0.3) is 0 Å². The van der Waals surface area contributed by atoms with Gasteiger partial charge in [0.25, 0.3) is 0 Å². The number of Topliss-reactive ketones (excluding diaryl/α,β-unsaturated/α-hetero) is 1. The number of carbonyl (C=O) groups excluding carboxylic acids is 1. The highest BCUT2D eigenvalue weighted by Crippen LogP contribution is 2.22. The molecule has 1 aromatic heterocycles. The number of halogens is 3. The van der Waals surface area contributed by atoms with Crippen molar-refractivity contribution in [3.8, 4) is 5.75 Å². The Hall–Kier alpha value is -1.27. The minimum atomic E-state index is -2.86. The van der Waals surface area contributed by atoms with Crippen LogP contribution in [-0.2, 0) is 6.42 Å². The predicted octanol–water partition coefficient (Wildman–Crippen LogP) is 4.54. The van der Waals surface area contributed by atoms with E-state index in [0.29, 0.717) is 12.0 Å². The molecule has 2 aromatic rings. The van der Waals surface area contributed by atoms with Crippen molar-refractivity contribution in [2.45, 2.75) is 13.0 Å². The number of ketones is 1. The average Bonchev–Trinajstić information content (AvgIpc) is 2.75. The third kappa shape index (κ3) is 4.11. The monoisotopic (exact) mass is 346 g/mol. The molecule has 100 valence electrons. The van der Waals surface area contributed by atoms with E-state index in [0.717, 1.165) is 9.35 Å². The predicted molar refractivity (Wildman–Crippen MR) is 73.1 cm³/mol. The van der Waals surface area contributed by atoms with E-state index in [4.69, 9.17) is 0 Å². The van der Waals surface area contributed by atoms with Gasteiger partial charge in [-0.3, -0.25) is 4.79 Å². The molecular weight excluding hydrogens is 338 g/mol. The van der Waals surface area contributed by atoms with E-state index in [1.807, 2.05) is 11.4 Å². The van der Waals surface area contributed by atoms with E-state index < -0.39 is 6.61 Å². The Morgan fingerprint density at radius 3 is 2.53 bits per heavy atom. The van der Waals surface area contributed by atoms with Crippen LogP contribution in [0.5, 0.6) is 5.75 Å². The fourth-order valence-electron chi connectivity index (χ4n) is 1.53. The summed E-state index contributed by atoms with van der Waals surface area (Å²) in [6.07, 6.45) is 0.297. The SMILES string of the molecule is O=C(Cc1cc(Br)cs1)c1ccc(OC(F)F)cc1. The van der Waals surface area contributed by atoms with Crippen molar-refractivity contribution in [3.63, 3.8) is 0 Å². The summed E-state index contributed by atoms with van der Waals surface area (Å²) in [5.74, 6) is -0.0108. The topological polar surface area (TPSA) is 26.3 Å². The number of ether oxygens (including phenoxy) is 1. The molecule has 2 nitrogen and oxygen atoms in total. The molecule has 0 saturated carbocycles. The summed E-state index contributed by atoms with van der Waals surface area (Å²) in [4.78, 5) is 12.9. The van der Waals surface area contributed by atoms with Gasteiger partial charge >= 0.3 is 6.61 Å². The van der Waals surface area contributed by atoms with Gasteiger partial charge in [-0.2, -0.15) is 8.78 Å². The van der Waals surface area contributed by atoms with Gasteiger partial charge in [0.05, 0.1) is 0 Å². The zero-order valence-corrected chi connectivity index (χ0v) is 12.0. The number of rotatable bonds is 5. The molecule has 0 aliphatic rings. The average molecular weight is 347 g/mol. The lowest BCUT2D eigenvalue weighted by Crippen LogP contribution is -2.04. The first-order valence-corrected chi connectivity index (χ1v) is 7.03. The fraction of sp³-hybridized carbons (Fsp3) is 0.154. The van der Waals surface area contributed by atoms with Crippen LogP contribution in [0.4, 0.5) is 8.78 Å². The van der Waals surface area contributed by atoms with Crippen LogP contribution in [0, 0.1) is 0 Å². The quantitative estimate of drug-likeness (QED) is 0.743. The maximum Gasteiger partial charge on any atom is 0.387 e. The van der Waals surface area contributed by atoms with Crippen LogP contribution < -0.4 is 4.74 Å². The third-order valence-electron chi connectivity index (χ3n) is 2.36. The molecule has 0 bridgehead atoms. The van der Waals surface area contributed by atoms with Gasteiger partial charge in [0.2, 0.25) is 0 Å². The van der Waals surface area contributed by atoms with Crippen molar-refractivity contribution in [1.29, 1.82) is 0 Å². The Labute approximate surface area is 121 Å². The molecule has 0 spiro atoms. The van der Waals surface area contributed by atoms with Crippen LogP contribution in [0.2, 0.25) is 0 Å². The van der Waals surface area contributed by atoms with Crippen LogP contribution in [0.1, 0.15) is 15.2 Å². The van der Waals surface area contributed by atoms with Crippen molar-refractivity contribution in [1.82, 2.24) is 0 Å². The second-order valence-corrected chi connectivity index (χ2v) is 5.65. The Bertz CT molecular complexity index is 566. The Morgan fingerprint density at radius 2 is 2.00 bits per heavy atom. The third-order valence-corrected chi connectivity index (χ3v) is 4.06. The summed E-state index contributed by atoms with van der Waals surface area (Å²) in [7, 11) is 0. The number of alkyl halides is 2. The molecule has 0 fully saturated rings. The molecule has 0 aliphatic heterocycles. The molecule has 1 aromatic carbocycles. The van der Waals surface area contributed by atoms with E-state index in [1.165, 1.54) is 35.6 Å². The first-order valence-electron chi connectivity index (χ1n) is 5.35. The number of benzene rings is 1. The fourth-order valence-corrected chi connectivity index (χ4v) is 2.98. The highest BCUT2D eigenvalue weighted by molar-refractivity contribution is 9.10. The summed E-state index contributed by atoms with van der Waals surface area (Å²) < 4.78 is 29.1. The largest absolute Gasteiger partial charge is 0.435 e. The number of carbonyl (C=O) groups is 1. The molecule has 19 heavy (non-hydrogen) atoms. The van der Waals surface area contributed by atoms with E-state index in [1.54, 1.807) is 0 Å². The minimum absolute atomic E-state index is 0.0467. The molecule has 6 heteroatoms. The van der Waals surface area contributed by atoms with E-state index >= 15 is 0 Å². The van der Waals surface area contributed by atoms with Crippen LogP contribution in [0.3, 0.4) is 0 Å². The lowest BCUT2D eigenvalue weighted by Gasteiger charge is -2.05. The van der Waals surface area contributed by atoms with Crippen molar-refractivity contribution in [2.75, 3.05) is 0 Å². The second-order valence-electron chi connectivity index (χ2n) is 3.73. The Morgan fingerprint density at radius 1 is 1.32 bits per heavy atom. The van der Waals surface area contributed by atoms with E-state index in [9.17, 15) is 13.6 Å². The van der Waals surface area contributed by atoms with Crippen molar-refractivity contribution in [2.24, 2.45) is 0 Å². The first kappa shape index (κ1) is 14.1. The zero-order valence-electron chi connectivity index (χ0n) is 9.61. The molecule has 0 amide bonds.